The van der Waals surface area contributed by atoms with E-state index in [0.717, 1.165) is 24.8 Å². The van der Waals surface area contributed by atoms with Gasteiger partial charge in [0, 0.05) is 12.2 Å². The fourth-order valence-electron chi connectivity index (χ4n) is 5.23. The molecule has 0 saturated carbocycles. The predicted molar refractivity (Wildman–Crippen MR) is 173 cm³/mol. The van der Waals surface area contributed by atoms with Crippen LogP contribution in [0.5, 0.6) is 0 Å². The van der Waals surface area contributed by atoms with Gasteiger partial charge in [0.25, 0.3) is 5.56 Å². The number of nitrogens with one attached hydrogen (secondary N) is 1. The quantitative estimate of drug-likeness (QED) is 0.117. The van der Waals surface area contributed by atoms with Crippen molar-refractivity contribution in [3.63, 3.8) is 0 Å². The maximum Gasteiger partial charge on any atom is 0.412 e. The van der Waals surface area contributed by atoms with Crippen LogP contribution in [0.25, 0.3) is 10.9 Å². The summed E-state index contributed by atoms with van der Waals surface area (Å²) in [6, 6.07) is 12.2. The molecule has 0 aliphatic rings. The van der Waals surface area contributed by atoms with Gasteiger partial charge in [-0.2, -0.15) is 0 Å². The zero-order chi connectivity index (χ0) is 31.0. The Morgan fingerprint density at radius 1 is 0.884 bits per heavy atom. The van der Waals surface area contributed by atoms with Crippen molar-refractivity contribution in [3.8, 4) is 0 Å². The van der Waals surface area contributed by atoms with Crippen molar-refractivity contribution < 1.29 is 19.1 Å². The Hall–Kier alpha value is -3.68. The summed E-state index contributed by atoms with van der Waals surface area (Å²) in [6.07, 6.45) is 13.5. The van der Waals surface area contributed by atoms with E-state index in [9.17, 15) is 14.4 Å². The van der Waals surface area contributed by atoms with Crippen LogP contribution in [0.4, 0.5) is 10.5 Å². The molecule has 0 fully saturated rings. The van der Waals surface area contributed by atoms with Crippen LogP contribution in [-0.2, 0) is 16.0 Å². The predicted octanol–water partition coefficient (Wildman–Crippen LogP) is 8.89. The number of amides is 1. The number of aryl methyl sites for hydroxylation is 1. The molecule has 1 heterocycles. The molecule has 3 aromatic rings. The van der Waals surface area contributed by atoms with Crippen LogP contribution in [0.1, 0.15) is 126 Å². The topological polar surface area (TPSA) is 99.5 Å². The molecule has 8 nitrogen and oxygen atoms in total. The third kappa shape index (κ3) is 10.5. The third-order valence-electron chi connectivity index (χ3n) is 7.80. The van der Waals surface area contributed by atoms with E-state index < -0.39 is 18.2 Å². The van der Waals surface area contributed by atoms with Gasteiger partial charge in [-0.05, 0) is 57.0 Å². The molecule has 0 bridgehead atoms. The van der Waals surface area contributed by atoms with Gasteiger partial charge in [-0.25, -0.2) is 14.6 Å². The number of ether oxygens (including phenoxy) is 2. The van der Waals surface area contributed by atoms with Gasteiger partial charge in [-0.1, -0.05) is 95.8 Å². The highest BCUT2D eigenvalue weighted by Gasteiger charge is 2.20. The first-order valence-corrected chi connectivity index (χ1v) is 16.1. The number of nitrogens with zero attached hydrogens (tertiary/aromatic N) is 2. The summed E-state index contributed by atoms with van der Waals surface area (Å²) < 4.78 is 12.6. The van der Waals surface area contributed by atoms with E-state index in [1.807, 2.05) is 19.9 Å². The van der Waals surface area contributed by atoms with E-state index in [2.05, 4.69) is 17.2 Å². The number of carbonyl (C=O) groups is 2. The van der Waals surface area contributed by atoms with Gasteiger partial charge in [-0.3, -0.25) is 14.7 Å². The average Bonchev–Trinajstić information content (AvgIpc) is 3.00. The summed E-state index contributed by atoms with van der Waals surface area (Å²) in [5.74, 6) is -0.0478. The highest BCUT2D eigenvalue weighted by molar-refractivity contribution is 5.93. The zero-order valence-corrected chi connectivity index (χ0v) is 26.5. The van der Waals surface area contributed by atoms with Crippen LogP contribution in [0.3, 0.4) is 0 Å². The average molecular weight is 592 g/mol. The lowest BCUT2D eigenvalue weighted by atomic mass is 10.1. The number of hydrogen-bond donors (Lipinski definition) is 1. The highest BCUT2D eigenvalue weighted by Crippen LogP contribution is 2.21. The Morgan fingerprint density at radius 3 is 2.16 bits per heavy atom. The number of aromatic nitrogens is 2. The molecule has 0 radical (unpaired) electrons. The number of hydrogen-bond acceptors (Lipinski definition) is 6. The van der Waals surface area contributed by atoms with Crippen molar-refractivity contribution >= 4 is 28.7 Å². The van der Waals surface area contributed by atoms with Gasteiger partial charge in [-0.15, -0.1) is 0 Å². The lowest BCUT2D eigenvalue weighted by molar-refractivity contribution is 0.0497. The summed E-state index contributed by atoms with van der Waals surface area (Å²) in [5.41, 5.74) is 1.97. The second-order valence-electron chi connectivity index (χ2n) is 11.3. The number of para-hydroxylation sites is 1. The minimum absolute atomic E-state index is 0.176. The van der Waals surface area contributed by atoms with Crippen molar-refractivity contribution in [3.05, 3.63) is 69.8 Å². The van der Waals surface area contributed by atoms with Gasteiger partial charge in [0.15, 0.2) is 11.9 Å². The van der Waals surface area contributed by atoms with Gasteiger partial charge in [0.05, 0.1) is 23.1 Å². The maximum absolute atomic E-state index is 12.9. The van der Waals surface area contributed by atoms with Crippen LogP contribution in [-0.4, -0.2) is 28.2 Å². The van der Waals surface area contributed by atoms with Gasteiger partial charge in [0.1, 0.15) is 0 Å². The summed E-state index contributed by atoms with van der Waals surface area (Å²) in [7, 11) is 0. The Kier molecular flexibility index (Phi) is 14.2. The molecule has 0 spiro atoms. The molecule has 234 valence electrons. The molecule has 1 N–H and O–H groups in total. The van der Waals surface area contributed by atoms with Crippen LogP contribution >= 0.6 is 0 Å². The second-order valence-corrected chi connectivity index (χ2v) is 11.3. The molecule has 0 aliphatic carbocycles. The van der Waals surface area contributed by atoms with E-state index in [4.69, 9.17) is 9.47 Å². The SMILES string of the molecule is CCCCCCCCCCCCCCOC(=O)c1ccc(C)c(NC(=O)OC(C)c2nc3ccccc3c(=O)n2CC)c1. The molecular weight excluding hydrogens is 542 g/mol. The van der Waals surface area contributed by atoms with E-state index >= 15 is 0 Å². The number of esters is 1. The number of fused-ring (bicyclic) bond motifs is 1. The van der Waals surface area contributed by atoms with E-state index in [-0.39, 0.29) is 5.56 Å². The van der Waals surface area contributed by atoms with E-state index in [0.29, 0.717) is 41.1 Å². The van der Waals surface area contributed by atoms with Crippen LogP contribution in [0, 0.1) is 6.92 Å². The molecule has 2 aromatic carbocycles. The van der Waals surface area contributed by atoms with Crippen molar-refractivity contribution in [2.75, 3.05) is 11.9 Å². The third-order valence-corrected chi connectivity index (χ3v) is 7.80. The normalized spacial score (nSPS) is 11.8. The molecule has 0 aliphatic heterocycles. The maximum atomic E-state index is 12.9. The fraction of sp³-hybridized carbons (Fsp3) is 0.543. The number of rotatable bonds is 18. The van der Waals surface area contributed by atoms with Crippen molar-refractivity contribution in [2.45, 2.75) is 117 Å². The number of anilines is 1. The lowest BCUT2D eigenvalue weighted by Crippen LogP contribution is -2.28. The Labute approximate surface area is 256 Å². The highest BCUT2D eigenvalue weighted by atomic mass is 16.6. The van der Waals surface area contributed by atoms with Crippen LogP contribution in [0.2, 0.25) is 0 Å². The summed E-state index contributed by atoms with van der Waals surface area (Å²) in [6.45, 7) is 8.38. The number of unbranched alkanes of at least 4 members (excludes halogenated alkanes) is 11. The van der Waals surface area contributed by atoms with Crippen molar-refractivity contribution in [2.24, 2.45) is 0 Å². The zero-order valence-electron chi connectivity index (χ0n) is 26.5. The van der Waals surface area contributed by atoms with Crippen molar-refractivity contribution in [1.82, 2.24) is 9.55 Å². The Bertz CT molecular complexity index is 1380. The molecule has 43 heavy (non-hydrogen) atoms. The molecule has 8 heteroatoms. The molecule has 1 atom stereocenters. The van der Waals surface area contributed by atoms with Gasteiger partial charge < -0.3 is 9.47 Å². The Balaban J connectivity index is 1.43. The number of benzene rings is 2. The second kappa shape index (κ2) is 18.1. The summed E-state index contributed by atoms with van der Waals surface area (Å²) in [4.78, 5) is 43.0. The molecule has 3 rings (SSSR count). The first kappa shape index (κ1) is 33.8. The van der Waals surface area contributed by atoms with Crippen LogP contribution < -0.4 is 10.9 Å². The molecule has 1 amide bonds. The number of carbonyl (C=O) groups excluding carboxylic acids is 2. The summed E-state index contributed by atoms with van der Waals surface area (Å²) in [5, 5.41) is 3.25. The largest absolute Gasteiger partial charge is 0.462 e. The first-order valence-electron chi connectivity index (χ1n) is 16.1. The monoisotopic (exact) mass is 591 g/mol. The van der Waals surface area contributed by atoms with Gasteiger partial charge >= 0.3 is 12.1 Å². The van der Waals surface area contributed by atoms with E-state index in [1.165, 1.54) is 62.4 Å². The standard InChI is InChI=1S/C35H49N3O5/c1-5-7-8-9-10-11-12-13-14-15-16-19-24-42-34(40)28-23-22-26(3)31(25-28)37-35(41)43-27(4)32-36-30-21-18-17-20-29(30)33(39)38(32)6-2/h17-18,20-23,25,27H,5-16,19,24H2,1-4H3,(H,37,41). The first-order chi connectivity index (χ1) is 20.8. The smallest absolute Gasteiger partial charge is 0.412 e. The molecule has 1 unspecified atom stereocenters. The summed E-state index contributed by atoms with van der Waals surface area (Å²) >= 11 is 0. The molecular formula is C35H49N3O5. The minimum Gasteiger partial charge on any atom is -0.462 e. The minimum atomic E-state index is -0.777. The van der Waals surface area contributed by atoms with Crippen molar-refractivity contribution in [1.29, 1.82) is 0 Å². The molecule has 0 saturated heterocycles. The fourth-order valence-corrected chi connectivity index (χ4v) is 5.23. The van der Waals surface area contributed by atoms with E-state index in [1.54, 1.807) is 43.3 Å². The lowest BCUT2D eigenvalue weighted by Gasteiger charge is -2.18. The Morgan fingerprint density at radius 2 is 1.51 bits per heavy atom. The van der Waals surface area contributed by atoms with Gasteiger partial charge in [0.2, 0.25) is 0 Å². The van der Waals surface area contributed by atoms with Crippen LogP contribution in [0.15, 0.2) is 47.3 Å². The molecule has 1 aromatic heterocycles.